The number of hydrogen-bond donors (Lipinski definition) is 0. The number of carbonyl (C=O) groups excluding carboxylic acids is 2. The second-order valence-corrected chi connectivity index (χ2v) is 7.34. The Morgan fingerprint density at radius 2 is 1.93 bits per heavy atom. The van der Waals surface area contributed by atoms with Gasteiger partial charge in [-0.1, -0.05) is 0 Å². The zero-order valence-electron chi connectivity index (χ0n) is 15.8. The van der Waals surface area contributed by atoms with E-state index in [0.29, 0.717) is 18.7 Å². The highest BCUT2D eigenvalue weighted by Gasteiger charge is 2.22. The molecule has 1 amide bonds. The summed E-state index contributed by atoms with van der Waals surface area (Å²) in [6.07, 6.45) is 2.43. The number of non-ortho nitro benzene ring substituents is 1. The molecule has 0 aromatic heterocycles. The fourth-order valence-electron chi connectivity index (χ4n) is 2.62. The van der Waals surface area contributed by atoms with Gasteiger partial charge in [0.25, 0.3) is 5.69 Å². The number of likely N-dealkylation sites (tertiary alicyclic amines) is 1. The summed E-state index contributed by atoms with van der Waals surface area (Å²) in [6.45, 7) is 6.28. The third-order valence-electron chi connectivity index (χ3n) is 3.82. The maximum Gasteiger partial charge on any atom is 0.410 e. The molecule has 0 N–H and O–H groups in total. The van der Waals surface area contributed by atoms with Crippen LogP contribution in [-0.2, 0) is 20.9 Å². The van der Waals surface area contributed by atoms with Crippen molar-refractivity contribution < 1.29 is 24.0 Å². The molecule has 1 heterocycles. The van der Waals surface area contributed by atoms with Gasteiger partial charge in [0.15, 0.2) is 0 Å². The van der Waals surface area contributed by atoms with E-state index in [0.717, 1.165) is 18.4 Å². The van der Waals surface area contributed by atoms with E-state index < -0.39 is 22.6 Å². The number of nitrogens with zero attached hydrogens (tertiary/aromatic N) is 2. The van der Waals surface area contributed by atoms with E-state index in [1.807, 2.05) is 0 Å². The van der Waals surface area contributed by atoms with E-state index in [1.54, 1.807) is 32.9 Å². The van der Waals surface area contributed by atoms with Crippen LogP contribution in [0, 0.1) is 10.1 Å². The zero-order valence-corrected chi connectivity index (χ0v) is 15.8. The van der Waals surface area contributed by atoms with Crippen molar-refractivity contribution in [3.8, 4) is 0 Å². The van der Waals surface area contributed by atoms with Gasteiger partial charge in [-0.25, -0.2) is 9.59 Å². The minimum Gasteiger partial charge on any atom is -0.457 e. The summed E-state index contributed by atoms with van der Waals surface area (Å²) in [4.78, 5) is 35.9. The third kappa shape index (κ3) is 6.73. The Labute approximate surface area is 157 Å². The monoisotopic (exact) mass is 376 g/mol. The summed E-state index contributed by atoms with van der Waals surface area (Å²) < 4.78 is 10.5. The van der Waals surface area contributed by atoms with E-state index in [9.17, 15) is 19.7 Å². The quantitative estimate of drug-likeness (QED) is 0.345. The molecule has 0 radical (unpaired) electrons. The molecule has 0 bridgehead atoms. The predicted molar refractivity (Wildman–Crippen MR) is 98.0 cm³/mol. The number of amides is 1. The van der Waals surface area contributed by atoms with Gasteiger partial charge in [0, 0.05) is 31.3 Å². The van der Waals surface area contributed by atoms with Crippen molar-refractivity contribution in [2.75, 3.05) is 13.1 Å². The second kappa shape index (κ2) is 8.66. The lowest BCUT2D eigenvalue weighted by molar-refractivity contribution is -0.384. The molecule has 8 heteroatoms. The highest BCUT2D eigenvalue weighted by atomic mass is 16.6. The molecule has 0 saturated carbocycles. The molecule has 27 heavy (non-hydrogen) atoms. The van der Waals surface area contributed by atoms with Crippen molar-refractivity contribution in [1.29, 1.82) is 0 Å². The molecule has 0 atom stereocenters. The van der Waals surface area contributed by atoms with Gasteiger partial charge in [0.2, 0.25) is 0 Å². The summed E-state index contributed by atoms with van der Waals surface area (Å²) in [6, 6.07) is 5.84. The van der Waals surface area contributed by atoms with E-state index >= 15 is 0 Å². The van der Waals surface area contributed by atoms with Gasteiger partial charge in [0.1, 0.15) is 12.2 Å². The number of ether oxygens (including phenoxy) is 2. The van der Waals surface area contributed by atoms with Gasteiger partial charge in [-0.3, -0.25) is 10.1 Å². The number of rotatable bonds is 4. The maximum absolute atomic E-state index is 12.3. The molecule has 1 fully saturated rings. The van der Waals surface area contributed by atoms with Crippen molar-refractivity contribution >= 4 is 17.7 Å². The summed E-state index contributed by atoms with van der Waals surface area (Å²) >= 11 is 0. The van der Waals surface area contributed by atoms with Crippen molar-refractivity contribution in [3.05, 3.63) is 51.6 Å². The lowest BCUT2D eigenvalue weighted by atomic mass is 10.0. The molecule has 2 rings (SSSR count). The zero-order chi connectivity index (χ0) is 20.0. The summed E-state index contributed by atoms with van der Waals surface area (Å²) in [5.74, 6) is -0.418. The van der Waals surface area contributed by atoms with Crippen molar-refractivity contribution in [2.45, 2.75) is 45.8 Å². The van der Waals surface area contributed by atoms with Crippen LogP contribution in [0.3, 0.4) is 0 Å². The number of nitro benzene ring substituents is 1. The molecule has 146 valence electrons. The van der Waals surface area contributed by atoms with Crippen LogP contribution in [-0.4, -0.2) is 40.6 Å². The third-order valence-corrected chi connectivity index (χ3v) is 3.82. The van der Waals surface area contributed by atoms with Crippen molar-refractivity contribution in [3.63, 3.8) is 0 Å². The number of carbonyl (C=O) groups is 2. The Morgan fingerprint density at radius 1 is 1.26 bits per heavy atom. The van der Waals surface area contributed by atoms with E-state index in [1.165, 1.54) is 23.1 Å². The van der Waals surface area contributed by atoms with Crippen molar-refractivity contribution in [1.82, 2.24) is 4.90 Å². The summed E-state index contributed by atoms with van der Waals surface area (Å²) in [5, 5.41) is 10.6. The van der Waals surface area contributed by atoms with Crippen LogP contribution in [0.4, 0.5) is 10.5 Å². The predicted octanol–water partition coefficient (Wildman–Crippen LogP) is 3.60. The SMILES string of the molecule is CC(C)(C)OC(=O)C=C1CCCN(C(=O)OCc2ccc([N+](=O)[O-])cc2)C1. The first-order chi connectivity index (χ1) is 12.6. The summed E-state index contributed by atoms with van der Waals surface area (Å²) in [7, 11) is 0. The fraction of sp³-hybridized carbons (Fsp3) is 0.474. The van der Waals surface area contributed by atoms with Gasteiger partial charge in [-0.05, 0) is 56.9 Å². The van der Waals surface area contributed by atoms with Gasteiger partial charge in [-0.15, -0.1) is 0 Å². The Morgan fingerprint density at radius 3 is 2.52 bits per heavy atom. The van der Waals surface area contributed by atoms with Gasteiger partial charge in [0.05, 0.1) is 4.92 Å². The minimum atomic E-state index is -0.563. The molecular formula is C19H24N2O6. The topological polar surface area (TPSA) is 99.0 Å². The molecule has 1 aliphatic heterocycles. The Kier molecular flexibility index (Phi) is 6.55. The van der Waals surface area contributed by atoms with Crippen molar-refractivity contribution in [2.24, 2.45) is 0 Å². The number of hydrogen-bond acceptors (Lipinski definition) is 6. The number of esters is 1. The Hall–Kier alpha value is -2.90. The lowest BCUT2D eigenvalue weighted by Gasteiger charge is -2.28. The van der Waals surface area contributed by atoms with Gasteiger partial charge < -0.3 is 14.4 Å². The highest BCUT2D eigenvalue weighted by molar-refractivity contribution is 5.83. The van der Waals surface area contributed by atoms with Crippen LogP contribution in [0.25, 0.3) is 0 Å². The van der Waals surface area contributed by atoms with Crippen LogP contribution in [0.2, 0.25) is 0 Å². The molecule has 0 spiro atoms. The molecule has 8 nitrogen and oxygen atoms in total. The molecule has 1 saturated heterocycles. The molecule has 1 aromatic carbocycles. The fourth-order valence-corrected chi connectivity index (χ4v) is 2.62. The van der Waals surface area contributed by atoms with E-state index in [2.05, 4.69) is 0 Å². The average Bonchev–Trinajstić information content (AvgIpc) is 2.58. The number of benzene rings is 1. The smallest absolute Gasteiger partial charge is 0.410 e. The summed E-state index contributed by atoms with van der Waals surface area (Å²) in [5.41, 5.74) is 0.905. The Bertz CT molecular complexity index is 734. The van der Waals surface area contributed by atoms with Crippen LogP contribution >= 0.6 is 0 Å². The lowest BCUT2D eigenvalue weighted by Crippen LogP contribution is -2.37. The number of nitro groups is 1. The van der Waals surface area contributed by atoms with Crippen LogP contribution in [0.15, 0.2) is 35.9 Å². The number of piperidine rings is 1. The van der Waals surface area contributed by atoms with Gasteiger partial charge in [-0.2, -0.15) is 0 Å². The van der Waals surface area contributed by atoms with Crippen LogP contribution < -0.4 is 0 Å². The molecule has 1 aromatic rings. The van der Waals surface area contributed by atoms with E-state index in [4.69, 9.17) is 9.47 Å². The average molecular weight is 376 g/mol. The first kappa shape index (κ1) is 20.4. The standard InChI is InChI=1S/C19H24N2O6/c1-19(2,3)27-17(22)11-15-5-4-10-20(12-15)18(23)26-13-14-6-8-16(9-7-14)21(24)25/h6-9,11H,4-5,10,12-13H2,1-3H3. The molecule has 1 aliphatic rings. The highest BCUT2D eigenvalue weighted by Crippen LogP contribution is 2.18. The second-order valence-electron chi connectivity index (χ2n) is 7.34. The van der Waals surface area contributed by atoms with Crippen LogP contribution in [0.5, 0.6) is 0 Å². The molecule has 0 unspecified atom stereocenters. The van der Waals surface area contributed by atoms with Crippen LogP contribution in [0.1, 0.15) is 39.2 Å². The van der Waals surface area contributed by atoms with Gasteiger partial charge >= 0.3 is 12.1 Å². The minimum absolute atomic E-state index is 0.0157. The first-order valence-electron chi connectivity index (χ1n) is 8.71. The largest absolute Gasteiger partial charge is 0.457 e. The molecular weight excluding hydrogens is 352 g/mol. The Balaban J connectivity index is 1.88. The van der Waals surface area contributed by atoms with E-state index in [-0.39, 0.29) is 12.3 Å². The normalized spacial score (nSPS) is 16.1. The first-order valence-corrected chi connectivity index (χ1v) is 8.71. The maximum atomic E-state index is 12.3. The molecule has 0 aliphatic carbocycles.